The number of benzene rings is 7. The molecule has 0 aliphatic heterocycles. The van der Waals surface area contributed by atoms with Crippen molar-refractivity contribution in [3.63, 3.8) is 0 Å². The normalized spacial score (nSPS) is 12.5. The smallest absolute Gasteiger partial charge is 0.149 e. The summed E-state index contributed by atoms with van der Waals surface area (Å²) < 4.78 is 9.42. The molecular formula is C48H44N2OSi. The number of aromatic nitrogens is 2. The predicted octanol–water partition coefficient (Wildman–Crippen LogP) is 13.4. The van der Waals surface area contributed by atoms with Crippen molar-refractivity contribution < 1.29 is 4.42 Å². The minimum absolute atomic E-state index is 0.287. The van der Waals surface area contributed by atoms with Gasteiger partial charge in [0.05, 0.1) is 30.4 Å². The Bertz CT molecular complexity index is 2800. The molecule has 0 radical (unpaired) electrons. The van der Waals surface area contributed by atoms with Gasteiger partial charge in [-0.05, 0) is 98.1 Å². The molecule has 0 N–H and O–H groups in total. The number of furan rings is 1. The van der Waals surface area contributed by atoms with Crippen molar-refractivity contribution in [2.45, 2.75) is 59.2 Å². The Labute approximate surface area is 306 Å². The molecule has 52 heavy (non-hydrogen) atoms. The first-order chi connectivity index (χ1) is 25.1. The molecule has 9 rings (SSSR count). The Hall–Kier alpha value is -5.45. The molecule has 0 saturated heterocycles. The van der Waals surface area contributed by atoms with Gasteiger partial charge in [-0.1, -0.05) is 137 Å². The van der Waals surface area contributed by atoms with Crippen LogP contribution in [-0.2, 0) is 0 Å². The number of hydrogen-bond donors (Lipinski definition) is 0. The second kappa shape index (κ2) is 12.1. The maximum Gasteiger partial charge on any atom is 0.149 e. The lowest BCUT2D eigenvalue weighted by Gasteiger charge is -2.24. The molecule has 7 aromatic carbocycles. The first kappa shape index (κ1) is 32.5. The van der Waals surface area contributed by atoms with Gasteiger partial charge < -0.3 is 4.42 Å². The van der Waals surface area contributed by atoms with Crippen LogP contribution in [0.3, 0.4) is 0 Å². The van der Waals surface area contributed by atoms with E-state index in [9.17, 15) is 0 Å². The standard InChI is InChI=1S/C48H44N2OSi/c1-29(2)37-24-33(31-16-9-8-10-17-31)25-38(30(3)4)46(37)50-43-23-14-13-22-42(43)49-48(50)36-21-15-20-35-40-27-41-39(28-44(40)51-47(35)36)34-19-12-11-18-32(34)26-45(41)52(5,6)7/h8-30H,1-7H3. The van der Waals surface area contributed by atoms with Gasteiger partial charge in [0.2, 0.25) is 0 Å². The van der Waals surface area contributed by atoms with Crippen molar-refractivity contribution in [2.75, 3.05) is 0 Å². The quantitative estimate of drug-likeness (QED) is 0.128. The van der Waals surface area contributed by atoms with Crippen molar-refractivity contribution in [3.8, 4) is 28.2 Å². The van der Waals surface area contributed by atoms with Crippen LogP contribution in [0.1, 0.15) is 50.7 Å². The maximum absolute atomic E-state index is 7.00. The Morgan fingerprint density at radius 1 is 0.577 bits per heavy atom. The molecule has 0 unspecified atom stereocenters. The highest BCUT2D eigenvalue weighted by atomic mass is 28.3. The molecule has 0 saturated carbocycles. The van der Waals surface area contributed by atoms with Gasteiger partial charge in [0.15, 0.2) is 0 Å². The van der Waals surface area contributed by atoms with Gasteiger partial charge in [0.25, 0.3) is 0 Å². The lowest BCUT2D eigenvalue weighted by Crippen LogP contribution is -2.38. The SMILES string of the molecule is CC(C)c1cc(-c2ccccc2)cc(C(C)C)c1-n1c(-c2cccc3c2oc2cc4c(cc23)c([Si](C)(C)C)cc2ccccc24)nc2ccccc21. The first-order valence-corrected chi connectivity index (χ1v) is 22.1. The van der Waals surface area contributed by atoms with Crippen molar-refractivity contribution in [2.24, 2.45) is 0 Å². The Morgan fingerprint density at radius 3 is 1.98 bits per heavy atom. The van der Waals surface area contributed by atoms with Crippen molar-refractivity contribution >= 4 is 67.8 Å². The van der Waals surface area contributed by atoms with Gasteiger partial charge in [0.1, 0.15) is 17.0 Å². The number of imidazole rings is 1. The zero-order chi connectivity index (χ0) is 35.9. The fraction of sp³-hybridized carbons (Fsp3) is 0.188. The van der Waals surface area contributed by atoms with E-state index in [0.29, 0.717) is 0 Å². The Kier molecular flexibility index (Phi) is 7.53. The summed E-state index contributed by atoms with van der Waals surface area (Å²) in [6, 6.07) is 46.6. The second-order valence-corrected chi connectivity index (χ2v) is 21.1. The Morgan fingerprint density at radius 2 is 1.25 bits per heavy atom. The third kappa shape index (κ3) is 5.11. The third-order valence-corrected chi connectivity index (χ3v) is 12.9. The summed E-state index contributed by atoms with van der Waals surface area (Å²) in [5.74, 6) is 1.48. The van der Waals surface area contributed by atoms with Gasteiger partial charge in [-0.3, -0.25) is 4.57 Å². The highest BCUT2D eigenvalue weighted by Crippen LogP contribution is 2.43. The van der Waals surface area contributed by atoms with Gasteiger partial charge in [-0.2, -0.15) is 0 Å². The Balaban J connectivity index is 1.36. The highest BCUT2D eigenvalue weighted by molar-refractivity contribution is 6.90. The van der Waals surface area contributed by atoms with Gasteiger partial charge in [-0.25, -0.2) is 4.98 Å². The van der Waals surface area contributed by atoms with E-state index in [1.54, 1.807) is 0 Å². The van der Waals surface area contributed by atoms with E-state index < -0.39 is 8.07 Å². The average Bonchev–Trinajstić information content (AvgIpc) is 3.71. The minimum Gasteiger partial charge on any atom is -0.455 e. The molecular weight excluding hydrogens is 649 g/mol. The molecule has 0 atom stereocenters. The van der Waals surface area contributed by atoms with Crippen LogP contribution in [0.15, 0.2) is 132 Å². The van der Waals surface area contributed by atoms with Crippen LogP contribution in [0.25, 0.3) is 82.7 Å². The zero-order valence-corrected chi connectivity index (χ0v) is 32.1. The summed E-state index contributed by atoms with van der Waals surface area (Å²) in [6.07, 6.45) is 0. The van der Waals surface area contributed by atoms with E-state index in [0.717, 1.165) is 44.4 Å². The lowest BCUT2D eigenvalue weighted by atomic mass is 9.88. The van der Waals surface area contributed by atoms with Crippen LogP contribution in [0.2, 0.25) is 19.6 Å². The molecule has 0 amide bonds. The number of fused-ring (bicyclic) bond motifs is 7. The lowest BCUT2D eigenvalue weighted by molar-refractivity contribution is 0.670. The van der Waals surface area contributed by atoms with Crippen LogP contribution in [-0.4, -0.2) is 17.6 Å². The molecule has 2 heterocycles. The number of rotatable bonds is 6. The molecule has 2 aromatic heterocycles. The van der Waals surface area contributed by atoms with E-state index in [2.05, 4.69) is 179 Å². The van der Waals surface area contributed by atoms with Crippen molar-refractivity contribution in [3.05, 3.63) is 139 Å². The summed E-state index contributed by atoms with van der Waals surface area (Å²) in [5, 5.41) is 8.92. The van der Waals surface area contributed by atoms with Crippen LogP contribution in [0.4, 0.5) is 0 Å². The van der Waals surface area contributed by atoms with E-state index >= 15 is 0 Å². The number of nitrogens with zero attached hydrogens (tertiary/aromatic N) is 2. The van der Waals surface area contributed by atoms with E-state index in [4.69, 9.17) is 9.40 Å². The zero-order valence-electron chi connectivity index (χ0n) is 31.1. The molecule has 0 aliphatic carbocycles. The molecule has 0 spiro atoms. The fourth-order valence-electron chi connectivity index (χ4n) is 8.24. The molecule has 9 aromatic rings. The van der Waals surface area contributed by atoms with E-state index in [1.165, 1.54) is 54.7 Å². The topological polar surface area (TPSA) is 31.0 Å². The molecule has 0 fully saturated rings. The summed E-state index contributed by atoms with van der Waals surface area (Å²) in [7, 11) is -1.68. The van der Waals surface area contributed by atoms with Crippen LogP contribution in [0.5, 0.6) is 0 Å². The van der Waals surface area contributed by atoms with Crippen molar-refractivity contribution in [1.29, 1.82) is 0 Å². The molecule has 0 aliphatic rings. The average molecular weight is 693 g/mol. The van der Waals surface area contributed by atoms with E-state index in [-0.39, 0.29) is 11.8 Å². The monoisotopic (exact) mass is 692 g/mol. The van der Waals surface area contributed by atoms with Gasteiger partial charge in [-0.15, -0.1) is 0 Å². The molecule has 256 valence electrons. The van der Waals surface area contributed by atoms with Gasteiger partial charge >= 0.3 is 0 Å². The largest absolute Gasteiger partial charge is 0.455 e. The minimum atomic E-state index is -1.68. The van der Waals surface area contributed by atoms with Crippen LogP contribution < -0.4 is 5.19 Å². The summed E-state index contributed by atoms with van der Waals surface area (Å²) in [5.41, 5.74) is 11.2. The summed E-state index contributed by atoms with van der Waals surface area (Å²) in [6.45, 7) is 16.6. The summed E-state index contributed by atoms with van der Waals surface area (Å²) >= 11 is 0. The first-order valence-electron chi connectivity index (χ1n) is 18.6. The van der Waals surface area contributed by atoms with Crippen LogP contribution >= 0.6 is 0 Å². The van der Waals surface area contributed by atoms with E-state index in [1.807, 2.05) is 0 Å². The van der Waals surface area contributed by atoms with Crippen LogP contribution in [0, 0.1) is 0 Å². The summed E-state index contributed by atoms with van der Waals surface area (Å²) in [4.78, 5) is 5.41. The molecule has 3 nitrogen and oxygen atoms in total. The second-order valence-electron chi connectivity index (χ2n) is 16.0. The molecule has 0 bridgehead atoms. The highest BCUT2D eigenvalue weighted by Gasteiger charge is 2.26. The van der Waals surface area contributed by atoms with Gasteiger partial charge in [0, 0.05) is 10.8 Å². The number of para-hydroxylation sites is 3. The molecule has 4 heteroatoms. The predicted molar refractivity (Wildman–Crippen MR) is 225 cm³/mol. The van der Waals surface area contributed by atoms with Crippen molar-refractivity contribution in [1.82, 2.24) is 9.55 Å². The maximum atomic E-state index is 7.00. The fourth-order valence-corrected chi connectivity index (χ4v) is 9.84. The number of hydrogen-bond acceptors (Lipinski definition) is 2. The third-order valence-electron chi connectivity index (χ3n) is 10.8.